The van der Waals surface area contributed by atoms with Crippen molar-refractivity contribution in [1.29, 1.82) is 0 Å². The molecule has 0 fully saturated rings. The minimum atomic E-state index is -0.325. The molecule has 0 saturated carbocycles. The van der Waals surface area contributed by atoms with Crippen LogP contribution in [0, 0.1) is 5.82 Å². The van der Waals surface area contributed by atoms with Crippen molar-refractivity contribution in [3.63, 3.8) is 0 Å². The Morgan fingerprint density at radius 3 is 2.95 bits per heavy atom. The second-order valence-corrected chi connectivity index (χ2v) is 4.97. The summed E-state index contributed by atoms with van der Waals surface area (Å²) in [5, 5.41) is 3.26. The molecule has 1 unspecified atom stereocenters. The summed E-state index contributed by atoms with van der Waals surface area (Å²) in [4.78, 5) is 0. The molecule has 1 heterocycles. The summed E-state index contributed by atoms with van der Waals surface area (Å²) in [6.07, 6.45) is 1.65. The third kappa shape index (κ3) is 4.08. The van der Waals surface area contributed by atoms with Crippen molar-refractivity contribution < 1.29 is 13.5 Å². The highest BCUT2D eigenvalue weighted by molar-refractivity contribution is 9.10. The number of rotatable bonds is 6. The van der Waals surface area contributed by atoms with Crippen molar-refractivity contribution in [2.75, 3.05) is 13.2 Å². The Bertz CT molecular complexity index is 516. The molecule has 19 heavy (non-hydrogen) atoms. The Balaban J connectivity index is 1.73. The smallest absolute Gasteiger partial charge is 0.141 e. The summed E-state index contributed by atoms with van der Waals surface area (Å²) in [7, 11) is 0. The Labute approximate surface area is 119 Å². The van der Waals surface area contributed by atoms with Gasteiger partial charge in [-0.05, 0) is 47.1 Å². The van der Waals surface area contributed by atoms with Crippen molar-refractivity contribution in [3.8, 4) is 5.75 Å². The maximum atomic E-state index is 13.2. The van der Waals surface area contributed by atoms with Crippen LogP contribution in [0.25, 0.3) is 0 Å². The van der Waals surface area contributed by atoms with E-state index in [4.69, 9.17) is 9.15 Å². The van der Waals surface area contributed by atoms with Gasteiger partial charge in [-0.2, -0.15) is 0 Å². The van der Waals surface area contributed by atoms with Gasteiger partial charge in [-0.25, -0.2) is 4.39 Å². The van der Waals surface area contributed by atoms with E-state index in [0.717, 1.165) is 5.76 Å². The van der Waals surface area contributed by atoms with Gasteiger partial charge in [-0.1, -0.05) is 0 Å². The number of hydrogen-bond acceptors (Lipinski definition) is 3. The largest absolute Gasteiger partial charge is 0.492 e. The number of halogens is 2. The Hall–Kier alpha value is -1.33. The van der Waals surface area contributed by atoms with E-state index in [1.165, 1.54) is 6.07 Å². The van der Waals surface area contributed by atoms with Crippen LogP contribution >= 0.6 is 15.9 Å². The molecule has 0 aliphatic carbocycles. The van der Waals surface area contributed by atoms with Gasteiger partial charge in [-0.3, -0.25) is 0 Å². The van der Waals surface area contributed by atoms with Crippen LogP contribution in [-0.4, -0.2) is 13.2 Å². The lowest BCUT2D eigenvalue weighted by Gasteiger charge is -2.12. The van der Waals surface area contributed by atoms with Gasteiger partial charge in [0.25, 0.3) is 0 Å². The van der Waals surface area contributed by atoms with Crippen molar-refractivity contribution in [2.24, 2.45) is 0 Å². The molecule has 1 aromatic carbocycles. The first kappa shape index (κ1) is 14.1. The maximum absolute atomic E-state index is 13.2. The molecule has 0 saturated heterocycles. The van der Waals surface area contributed by atoms with E-state index in [-0.39, 0.29) is 11.9 Å². The van der Waals surface area contributed by atoms with Crippen LogP contribution in [0.5, 0.6) is 5.75 Å². The Morgan fingerprint density at radius 2 is 2.26 bits per heavy atom. The number of hydrogen-bond donors (Lipinski definition) is 1. The molecule has 3 nitrogen and oxygen atoms in total. The molecule has 5 heteroatoms. The van der Waals surface area contributed by atoms with Gasteiger partial charge in [0.2, 0.25) is 0 Å². The van der Waals surface area contributed by atoms with Crippen molar-refractivity contribution >= 4 is 15.9 Å². The molecular weight excluding hydrogens is 313 g/mol. The average Bonchev–Trinajstić information content (AvgIpc) is 2.92. The number of ether oxygens (including phenoxy) is 1. The lowest BCUT2D eigenvalue weighted by molar-refractivity contribution is 0.300. The molecule has 0 amide bonds. The van der Waals surface area contributed by atoms with E-state index in [2.05, 4.69) is 21.2 Å². The average molecular weight is 328 g/mol. The van der Waals surface area contributed by atoms with Crippen LogP contribution < -0.4 is 10.1 Å². The molecule has 0 aliphatic heterocycles. The molecule has 2 rings (SSSR count). The van der Waals surface area contributed by atoms with Crippen molar-refractivity contribution in [1.82, 2.24) is 5.32 Å². The van der Waals surface area contributed by atoms with Gasteiger partial charge in [0.15, 0.2) is 0 Å². The summed E-state index contributed by atoms with van der Waals surface area (Å²) >= 11 is 3.10. The van der Waals surface area contributed by atoms with Crippen molar-refractivity contribution in [2.45, 2.75) is 13.0 Å². The zero-order chi connectivity index (χ0) is 13.7. The fraction of sp³-hybridized carbons (Fsp3) is 0.286. The molecule has 1 aromatic heterocycles. The van der Waals surface area contributed by atoms with Crippen molar-refractivity contribution in [3.05, 3.63) is 52.6 Å². The summed E-state index contributed by atoms with van der Waals surface area (Å²) < 4.78 is 24.4. The predicted octanol–water partition coefficient (Wildman–Crippen LogP) is 3.91. The minimum absolute atomic E-state index is 0.125. The highest BCUT2D eigenvalue weighted by Gasteiger charge is 2.07. The molecule has 1 atom stereocenters. The zero-order valence-electron chi connectivity index (χ0n) is 10.5. The molecule has 2 aromatic rings. The highest BCUT2D eigenvalue weighted by atomic mass is 79.9. The minimum Gasteiger partial charge on any atom is -0.492 e. The van der Waals surface area contributed by atoms with Crippen LogP contribution in [0.3, 0.4) is 0 Å². The normalized spacial score (nSPS) is 12.4. The fourth-order valence-corrected chi connectivity index (χ4v) is 1.90. The first-order valence-corrected chi connectivity index (χ1v) is 6.81. The zero-order valence-corrected chi connectivity index (χ0v) is 12.1. The number of nitrogens with one attached hydrogen (secondary N) is 1. The standard InChI is InChI=1S/C14H15BrFNO2/c1-10(14-3-2-7-19-14)17-6-8-18-11-4-5-12(15)13(16)9-11/h2-5,7,9-10,17H,6,8H2,1H3. The molecule has 0 aliphatic rings. The van der Waals surface area contributed by atoms with Gasteiger partial charge in [-0.15, -0.1) is 0 Å². The Morgan fingerprint density at radius 1 is 1.42 bits per heavy atom. The first-order chi connectivity index (χ1) is 9.16. The van der Waals surface area contributed by atoms with E-state index in [9.17, 15) is 4.39 Å². The van der Waals surface area contributed by atoms with Gasteiger partial charge >= 0.3 is 0 Å². The molecule has 0 spiro atoms. The van der Waals surface area contributed by atoms with Crippen LogP contribution in [-0.2, 0) is 0 Å². The number of furan rings is 1. The predicted molar refractivity (Wildman–Crippen MR) is 74.7 cm³/mol. The third-order valence-electron chi connectivity index (χ3n) is 2.68. The molecule has 0 bridgehead atoms. The van der Waals surface area contributed by atoms with E-state index >= 15 is 0 Å². The summed E-state index contributed by atoms with van der Waals surface area (Å²) in [5.41, 5.74) is 0. The van der Waals surface area contributed by atoms with Gasteiger partial charge in [0.05, 0.1) is 16.8 Å². The monoisotopic (exact) mass is 327 g/mol. The molecule has 0 radical (unpaired) electrons. The van der Waals surface area contributed by atoms with E-state index in [0.29, 0.717) is 23.4 Å². The topological polar surface area (TPSA) is 34.4 Å². The maximum Gasteiger partial charge on any atom is 0.141 e. The van der Waals surface area contributed by atoms with E-state index in [1.807, 2.05) is 19.1 Å². The quantitative estimate of drug-likeness (QED) is 0.817. The molecular formula is C14H15BrFNO2. The van der Waals surface area contributed by atoms with Crippen LogP contribution in [0.15, 0.2) is 45.5 Å². The van der Waals surface area contributed by atoms with Crippen LogP contribution in [0.2, 0.25) is 0 Å². The molecule has 102 valence electrons. The second-order valence-electron chi connectivity index (χ2n) is 4.12. The van der Waals surface area contributed by atoms with Crippen LogP contribution in [0.1, 0.15) is 18.7 Å². The number of benzene rings is 1. The lowest BCUT2D eigenvalue weighted by atomic mass is 10.2. The highest BCUT2D eigenvalue weighted by Crippen LogP contribution is 2.20. The van der Waals surface area contributed by atoms with Gasteiger partial charge in [0.1, 0.15) is 23.9 Å². The van der Waals surface area contributed by atoms with Gasteiger partial charge < -0.3 is 14.5 Å². The Kier molecular flexibility index (Phi) is 4.99. The third-order valence-corrected chi connectivity index (χ3v) is 3.33. The summed E-state index contributed by atoms with van der Waals surface area (Å²) in [5.74, 6) is 1.08. The van der Waals surface area contributed by atoms with E-state index in [1.54, 1.807) is 18.4 Å². The lowest BCUT2D eigenvalue weighted by Crippen LogP contribution is -2.24. The fourth-order valence-electron chi connectivity index (χ4n) is 1.65. The first-order valence-electron chi connectivity index (χ1n) is 6.01. The molecule has 1 N–H and O–H groups in total. The second kappa shape index (κ2) is 6.73. The summed E-state index contributed by atoms with van der Waals surface area (Å²) in [6.45, 7) is 3.13. The SMILES string of the molecule is CC(NCCOc1ccc(Br)c(F)c1)c1ccco1. The van der Waals surface area contributed by atoms with E-state index < -0.39 is 0 Å². The van der Waals surface area contributed by atoms with Crippen LogP contribution in [0.4, 0.5) is 4.39 Å². The van der Waals surface area contributed by atoms with Gasteiger partial charge in [0, 0.05) is 12.6 Å². The summed E-state index contributed by atoms with van der Waals surface area (Å²) in [6, 6.07) is 8.62.